The average molecular weight is 284 g/mol. The van der Waals surface area contributed by atoms with E-state index in [4.69, 9.17) is 4.74 Å². The first-order chi connectivity index (χ1) is 9.21. The lowest BCUT2D eigenvalue weighted by molar-refractivity contribution is -0.148. The summed E-state index contributed by atoms with van der Waals surface area (Å²) in [5.41, 5.74) is -0.274. The van der Waals surface area contributed by atoms with Crippen molar-refractivity contribution in [1.29, 1.82) is 0 Å². The zero-order valence-electron chi connectivity index (χ0n) is 13.4. The molecule has 0 aromatic heterocycles. The topological polar surface area (TPSA) is 58.6 Å². The van der Waals surface area contributed by atoms with Crippen molar-refractivity contribution in [1.82, 2.24) is 10.2 Å². The van der Waals surface area contributed by atoms with E-state index in [1.165, 1.54) is 0 Å². The summed E-state index contributed by atoms with van der Waals surface area (Å²) >= 11 is 0. The minimum absolute atomic E-state index is 0.00967. The first-order valence-corrected chi connectivity index (χ1v) is 7.37. The number of piperazine rings is 1. The van der Waals surface area contributed by atoms with Crippen molar-refractivity contribution >= 4 is 11.8 Å². The Kier molecular flexibility index (Phi) is 5.99. The second-order valence-electron chi connectivity index (χ2n) is 6.92. The van der Waals surface area contributed by atoms with Gasteiger partial charge in [-0.1, -0.05) is 34.6 Å². The summed E-state index contributed by atoms with van der Waals surface area (Å²) < 4.78 is 5.53. The second-order valence-corrected chi connectivity index (χ2v) is 6.92. The Bertz CT molecular complexity index is 348. The van der Waals surface area contributed by atoms with Crippen LogP contribution < -0.4 is 5.32 Å². The normalized spacial score (nSPS) is 20.5. The molecule has 0 radical (unpaired) electrons. The van der Waals surface area contributed by atoms with Gasteiger partial charge in [0.1, 0.15) is 6.04 Å². The zero-order chi connectivity index (χ0) is 15.3. The molecule has 2 amide bonds. The van der Waals surface area contributed by atoms with Crippen LogP contribution in [-0.2, 0) is 14.3 Å². The summed E-state index contributed by atoms with van der Waals surface area (Å²) in [6.07, 6.45) is 1.01. The molecule has 1 heterocycles. The Hall–Kier alpha value is -1.10. The molecule has 1 atom stereocenters. The fraction of sp³-hybridized carbons (Fsp3) is 0.867. The summed E-state index contributed by atoms with van der Waals surface area (Å²) in [5, 5.41) is 2.78. The minimum Gasteiger partial charge on any atom is -0.380 e. The third-order valence-corrected chi connectivity index (χ3v) is 3.41. The maximum absolute atomic E-state index is 12.3. The highest BCUT2D eigenvalue weighted by molar-refractivity contribution is 5.95. The molecule has 0 aliphatic carbocycles. The van der Waals surface area contributed by atoms with Gasteiger partial charge in [-0.15, -0.1) is 0 Å². The van der Waals surface area contributed by atoms with Crippen LogP contribution in [0.4, 0.5) is 0 Å². The maximum atomic E-state index is 12.3. The van der Waals surface area contributed by atoms with Crippen LogP contribution in [0.1, 0.15) is 41.0 Å². The summed E-state index contributed by atoms with van der Waals surface area (Å²) in [7, 11) is 0. The van der Waals surface area contributed by atoms with E-state index >= 15 is 0 Å². The highest BCUT2D eigenvalue weighted by atomic mass is 16.5. The number of amides is 2. The number of nitrogens with zero attached hydrogens (tertiary/aromatic N) is 1. The van der Waals surface area contributed by atoms with E-state index in [9.17, 15) is 9.59 Å². The number of nitrogens with one attached hydrogen (secondary N) is 1. The van der Waals surface area contributed by atoms with Crippen LogP contribution in [0, 0.1) is 11.3 Å². The van der Waals surface area contributed by atoms with Crippen molar-refractivity contribution in [2.45, 2.75) is 47.1 Å². The highest BCUT2D eigenvalue weighted by Crippen LogP contribution is 2.23. The van der Waals surface area contributed by atoms with Crippen molar-refractivity contribution < 1.29 is 14.3 Å². The highest BCUT2D eigenvalue weighted by Gasteiger charge is 2.39. The predicted molar refractivity (Wildman–Crippen MR) is 78.2 cm³/mol. The van der Waals surface area contributed by atoms with Crippen LogP contribution in [0.5, 0.6) is 0 Å². The van der Waals surface area contributed by atoms with E-state index in [-0.39, 0.29) is 23.8 Å². The molecular weight excluding hydrogens is 256 g/mol. The van der Waals surface area contributed by atoms with Crippen molar-refractivity contribution in [2.24, 2.45) is 11.3 Å². The summed E-state index contributed by atoms with van der Waals surface area (Å²) in [6.45, 7) is 12.0. The molecule has 1 N–H and O–H groups in total. The smallest absolute Gasteiger partial charge is 0.246 e. The number of carbonyl (C=O) groups excluding carboxylic acids is 2. The number of hydrogen-bond acceptors (Lipinski definition) is 3. The molecule has 0 saturated carbocycles. The van der Waals surface area contributed by atoms with Gasteiger partial charge < -0.3 is 15.0 Å². The van der Waals surface area contributed by atoms with Gasteiger partial charge in [0.15, 0.2) is 0 Å². The van der Waals surface area contributed by atoms with Crippen molar-refractivity contribution in [3.8, 4) is 0 Å². The molecule has 0 spiro atoms. The first kappa shape index (κ1) is 17.0. The lowest BCUT2D eigenvalue weighted by Gasteiger charge is -2.38. The van der Waals surface area contributed by atoms with Crippen molar-refractivity contribution in [3.63, 3.8) is 0 Å². The average Bonchev–Trinajstić information content (AvgIpc) is 2.30. The second kappa shape index (κ2) is 7.07. The molecule has 0 aromatic rings. The number of ether oxygens (including phenoxy) is 1. The third-order valence-electron chi connectivity index (χ3n) is 3.41. The number of carbonyl (C=O) groups is 2. The van der Waals surface area contributed by atoms with E-state index < -0.39 is 6.04 Å². The molecule has 1 saturated heterocycles. The van der Waals surface area contributed by atoms with Gasteiger partial charge in [-0.2, -0.15) is 0 Å². The van der Waals surface area contributed by atoms with Crippen LogP contribution in [0.25, 0.3) is 0 Å². The molecule has 5 nitrogen and oxygen atoms in total. The van der Waals surface area contributed by atoms with Crippen LogP contribution in [0.2, 0.25) is 0 Å². The molecule has 0 aromatic carbocycles. The van der Waals surface area contributed by atoms with E-state index in [0.717, 1.165) is 6.42 Å². The quantitative estimate of drug-likeness (QED) is 0.751. The van der Waals surface area contributed by atoms with Gasteiger partial charge in [-0.3, -0.25) is 9.59 Å². The number of hydrogen-bond donors (Lipinski definition) is 1. The van der Waals surface area contributed by atoms with Crippen molar-refractivity contribution in [3.05, 3.63) is 0 Å². The lowest BCUT2D eigenvalue weighted by Crippen LogP contribution is -2.62. The summed E-state index contributed by atoms with van der Waals surface area (Å²) in [6, 6.07) is -0.445. The fourth-order valence-corrected chi connectivity index (χ4v) is 2.07. The van der Waals surface area contributed by atoms with Gasteiger partial charge in [-0.25, -0.2) is 0 Å². The summed E-state index contributed by atoms with van der Waals surface area (Å²) in [5.74, 6) is 0.513. The SMILES string of the molecule is CC(C)CCOCCN1CC(=O)NC(C(C)(C)C)C1=O. The Balaban J connectivity index is 2.44. The summed E-state index contributed by atoms with van der Waals surface area (Å²) in [4.78, 5) is 25.7. The first-order valence-electron chi connectivity index (χ1n) is 7.37. The number of rotatable bonds is 6. The lowest BCUT2D eigenvalue weighted by atomic mass is 9.85. The molecule has 0 bridgehead atoms. The molecule has 1 unspecified atom stereocenters. The largest absolute Gasteiger partial charge is 0.380 e. The molecule has 1 aliphatic heterocycles. The monoisotopic (exact) mass is 284 g/mol. The Morgan fingerprint density at radius 3 is 2.50 bits per heavy atom. The van der Waals surface area contributed by atoms with E-state index in [0.29, 0.717) is 25.7 Å². The fourth-order valence-electron chi connectivity index (χ4n) is 2.07. The molecule has 5 heteroatoms. The van der Waals surface area contributed by atoms with Gasteiger partial charge in [0.25, 0.3) is 0 Å². The van der Waals surface area contributed by atoms with Crippen LogP contribution >= 0.6 is 0 Å². The Labute approximate surface area is 122 Å². The van der Waals surface area contributed by atoms with Gasteiger partial charge >= 0.3 is 0 Å². The van der Waals surface area contributed by atoms with Gasteiger partial charge in [0, 0.05) is 13.2 Å². The van der Waals surface area contributed by atoms with Crippen LogP contribution in [0.3, 0.4) is 0 Å². The zero-order valence-corrected chi connectivity index (χ0v) is 13.4. The van der Waals surface area contributed by atoms with Crippen LogP contribution in [-0.4, -0.2) is 49.1 Å². The molecule has 1 aliphatic rings. The molecule has 116 valence electrons. The van der Waals surface area contributed by atoms with E-state index in [1.807, 2.05) is 20.8 Å². The Morgan fingerprint density at radius 1 is 1.30 bits per heavy atom. The van der Waals surface area contributed by atoms with Gasteiger partial charge in [0.2, 0.25) is 11.8 Å². The van der Waals surface area contributed by atoms with E-state index in [2.05, 4.69) is 19.2 Å². The maximum Gasteiger partial charge on any atom is 0.246 e. The van der Waals surface area contributed by atoms with Crippen molar-refractivity contribution in [2.75, 3.05) is 26.3 Å². The standard InChI is InChI=1S/C15H28N2O3/c1-11(2)6-8-20-9-7-17-10-12(18)16-13(14(17)19)15(3,4)5/h11,13H,6-10H2,1-5H3,(H,16,18). The predicted octanol–water partition coefficient (Wildman–Crippen LogP) is 1.42. The van der Waals surface area contributed by atoms with E-state index in [1.54, 1.807) is 4.90 Å². The van der Waals surface area contributed by atoms with Crippen LogP contribution in [0.15, 0.2) is 0 Å². The molecule has 20 heavy (non-hydrogen) atoms. The molecular formula is C15H28N2O3. The molecule has 1 fully saturated rings. The van der Waals surface area contributed by atoms with Gasteiger partial charge in [-0.05, 0) is 17.8 Å². The van der Waals surface area contributed by atoms with Gasteiger partial charge in [0.05, 0.1) is 13.2 Å². The Morgan fingerprint density at radius 2 is 1.95 bits per heavy atom. The molecule has 1 rings (SSSR count). The third kappa shape index (κ3) is 5.12. The minimum atomic E-state index is -0.445.